The average Bonchev–Trinajstić information content (AvgIpc) is 2.41. The largest absolute Gasteiger partial charge is 0.365 e. The van der Waals surface area contributed by atoms with Gasteiger partial charge in [-0.3, -0.25) is 0 Å². The topological polar surface area (TPSA) is 35.8 Å². The summed E-state index contributed by atoms with van der Waals surface area (Å²) in [5.41, 5.74) is 0.944. The Labute approximate surface area is 123 Å². The fourth-order valence-corrected chi connectivity index (χ4v) is 2.23. The minimum Gasteiger partial charge on any atom is -0.365 e. The van der Waals surface area contributed by atoms with E-state index < -0.39 is 11.9 Å². The molecule has 2 rings (SSSR count). The van der Waals surface area contributed by atoms with Gasteiger partial charge in [0, 0.05) is 20.7 Å². The molecule has 0 aliphatic carbocycles. The molecule has 2 aromatic carbocycles. The zero-order chi connectivity index (χ0) is 13.8. The van der Waals surface area contributed by atoms with Gasteiger partial charge in [-0.05, 0) is 46.3 Å². The van der Waals surface area contributed by atoms with Crippen molar-refractivity contribution in [3.8, 4) is 6.07 Å². The first kappa shape index (κ1) is 13.9. The Bertz CT molecular complexity index is 640. The third-order valence-corrected chi connectivity index (χ3v) is 3.50. The lowest BCUT2D eigenvalue weighted by Crippen LogP contribution is -2.10. The molecule has 0 saturated heterocycles. The molecule has 0 radical (unpaired) electrons. The van der Waals surface area contributed by atoms with Crippen LogP contribution in [-0.2, 0) is 0 Å². The summed E-state index contributed by atoms with van der Waals surface area (Å²) in [5.74, 6) is -0.462. The molecule has 5 heteroatoms. The van der Waals surface area contributed by atoms with E-state index in [1.807, 2.05) is 24.3 Å². The number of hydrogen-bond donors (Lipinski definition) is 1. The highest BCUT2D eigenvalue weighted by atomic mass is 79.9. The number of anilines is 1. The quantitative estimate of drug-likeness (QED) is 0.861. The van der Waals surface area contributed by atoms with Gasteiger partial charge in [-0.1, -0.05) is 23.7 Å². The number of nitrogens with one attached hydrogen (secondary N) is 1. The monoisotopic (exact) mass is 338 g/mol. The first-order chi connectivity index (χ1) is 9.11. The van der Waals surface area contributed by atoms with E-state index in [-0.39, 0.29) is 5.56 Å². The molecule has 1 N–H and O–H groups in total. The first-order valence-electron chi connectivity index (χ1n) is 5.47. The molecule has 0 fully saturated rings. The Kier molecular flexibility index (Phi) is 4.41. The van der Waals surface area contributed by atoms with Crippen LogP contribution >= 0.6 is 27.5 Å². The van der Waals surface area contributed by atoms with E-state index in [0.29, 0.717) is 10.7 Å². The van der Waals surface area contributed by atoms with Gasteiger partial charge in [0.2, 0.25) is 0 Å². The average molecular weight is 340 g/mol. The van der Waals surface area contributed by atoms with E-state index in [2.05, 4.69) is 21.2 Å². The number of para-hydroxylation sites is 1. The van der Waals surface area contributed by atoms with E-state index in [1.54, 1.807) is 6.07 Å². The molecule has 0 aliphatic heterocycles. The van der Waals surface area contributed by atoms with Crippen LogP contribution in [0.4, 0.5) is 10.1 Å². The number of hydrogen-bond acceptors (Lipinski definition) is 2. The smallest absolute Gasteiger partial charge is 0.143 e. The van der Waals surface area contributed by atoms with Crippen LogP contribution in [-0.4, -0.2) is 0 Å². The van der Waals surface area contributed by atoms with E-state index >= 15 is 0 Å². The van der Waals surface area contributed by atoms with Crippen LogP contribution in [0.1, 0.15) is 11.6 Å². The van der Waals surface area contributed by atoms with E-state index in [0.717, 1.165) is 4.47 Å². The van der Waals surface area contributed by atoms with Crippen molar-refractivity contribution in [1.29, 1.82) is 5.26 Å². The molecule has 96 valence electrons. The minimum absolute atomic E-state index is 0.228. The van der Waals surface area contributed by atoms with Crippen LogP contribution in [0.15, 0.2) is 46.9 Å². The summed E-state index contributed by atoms with van der Waals surface area (Å²) in [6.45, 7) is 0. The van der Waals surface area contributed by atoms with Gasteiger partial charge >= 0.3 is 0 Å². The summed E-state index contributed by atoms with van der Waals surface area (Å²) in [7, 11) is 0. The van der Waals surface area contributed by atoms with Crippen LogP contribution in [0.3, 0.4) is 0 Å². The zero-order valence-electron chi connectivity index (χ0n) is 9.70. The molecular formula is C14H9BrClFN2. The lowest BCUT2D eigenvalue weighted by Gasteiger charge is -2.15. The van der Waals surface area contributed by atoms with Gasteiger partial charge in [0.1, 0.15) is 11.9 Å². The van der Waals surface area contributed by atoms with Gasteiger partial charge in [0.05, 0.1) is 6.07 Å². The summed E-state index contributed by atoms with van der Waals surface area (Å²) in [6, 6.07) is 12.7. The van der Waals surface area contributed by atoms with Crippen molar-refractivity contribution >= 4 is 33.2 Å². The number of nitrogens with zero attached hydrogens (tertiary/aromatic N) is 1. The van der Waals surface area contributed by atoms with Crippen LogP contribution in [0.2, 0.25) is 5.02 Å². The third-order valence-electron chi connectivity index (χ3n) is 2.57. The maximum absolute atomic E-state index is 13.7. The van der Waals surface area contributed by atoms with E-state index in [9.17, 15) is 9.65 Å². The second-order valence-electron chi connectivity index (χ2n) is 3.85. The number of halogens is 3. The summed E-state index contributed by atoms with van der Waals surface area (Å²) in [5, 5.41) is 12.6. The van der Waals surface area contributed by atoms with Crippen LogP contribution in [0.5, 0.6) is 0 Å². The predicted molar refractivity (Wildman–Crippen MR) is 77.5 cm³/mol. The Balaban J connectivity index is 2.34. The predicted octanol–water partition coefficient (Wildman–Crippen LogP) is 4.92. The summed E-state index contributed by atoms with van der Waals surface area (Å²) < 4.78 is 14.6. The number of rotatable bonds is 3. The van der Waals surface area contributed by atoms with Crippen LogP contribution < -0.4 is 5.32 Å². The molecule has 0 bridgehead atoms. The van der Waals surface area contributed by atoms with Gasteiger partial charge < -0.3 is 5.32 Å². The number of nitriles is 1. The summed E-state index contributed by atoms with van der Waals surface area (Å²) in [4.78, 5) is 0. The molecule has 0 heterocycles. The fourth-order valence-electron chi connectivity index (χ4n) is 1.65. The molecule has 2 aromatic rings. The van der Waals surface area contributed by atoms with Gasteiger partial charge in [0.15, 0.2) is 0 Å². The summed E-state index contributed by atoms with van der Waals surface area (Å²) in [6.07, 6.45) is 0. The standard InChI is InChI=1S/C14H9BrClFN2/c15-11-3-1-2-4-13(11)19-14(8-18)10-7-9(16)5-6-12(10)17/h1-7,14,19H. The van der Waals surface area contributed by atoms with Crippen molar-refractivity contribution < 1.29 is 4.39 Å². The molecule has 0 aliphatic rings. The highest BCUT2D eigenvalue weighted by Crippen LogP contribution is 2.28. The third kappa shape index (κ3) is 3.25. The highest BCUT2D eigenvalue weighted by molar-refractivity contribution is 9.10. The van der Waals surface area contributed by atoms with E-state index in [1.165, 1.54) is 18.2 Å². The fraction of sp³-hybridized carbons (Fsp3) is 0.0714. The lowest BCUT2D eigenvalue weighted by molar-refractivity contribution is 0.607. The van der Waals surface area contributed by atoms with Crippen LogP contribution in [0, 0.1) is 17.1 Å². The molecule has 0 aromatic heterocycles. The maximum Gasteiger partial charge on any atom is 0.143 e. The van der Waals surface area contributed by atoms with Crippen molar-refractivity contribution in [2.75, 3.05) is 5.32 Å². The molecule has 0 spiro atoms. The zero-order valence-corrected chi connectivity index (χ0v) is 12.0. The Morgan fingerprint density at radius 1 is 1.26 bits per heavy atom. The van der Waals surface area contributed by atoms with Gasteiger partial charge in [-0.25, -0.2) is 4.39 Å². The van der Waals surface area contributed by atoms with Crippen molar-refractivity contribution in [2.45, 2.75) is 6.04 Å². The Hall–Kier alpha value is -1.57. The SMILES string of the molecule is N#CC(Nc1ccccc1Br)c1cc(Cl)ccc1F. The second kappa shape index (κ2) is 6.05. The molecule has 0 amide bonds. The van der Waals surface area contributed by atoms with Gasteiger partial charge in [-0.2, -0.15) is 5.26 Å². The number of benzene rings is 2. The van der Waals surface area contributed by atoms with Crippen molar-refractivity contribution in [2.24, 2.45) is 0 Å². The molecular weight excluding hydrogens is 331 g/mol. The van der Waals surface area contributed by atoms with E-state index in [4.69, 9.17) is 11.6 Å². The minimum atomic E-state index is -0.808. The van der Waals surface area contributed by atoms with Crippen molar-refractivity contribution in [3.63, 3.8) is 0 Å². The maximum atomic E-state index is 13.7. The van der Waals surface area contributed by atoms with Crippen LogP contribution in [0.25, 0.3) is 0 Å². The molecule has 2 nitrogen and oxygen atoms in total. The summed E-state index contributed by atoms with van der Waals surface area (Å²) >= 11 is 9.21. The Morgan fingerprint density at radius 2 is 2.00 bits per heavy atom. The highest BCUT2D eigenvalue weighted by Gasteiger charge is 2.16. The Morgan fingerprint density at radius 3 is 2.68 bits per heavy atom. The lowest BCUT2D eigenvalue weighted by atomic mass is 10.1. The molecule has 0 saturated carbocycles. The molecule has 1 unspecified atom stereocenters. The second-order valence-corrected chi connectivity index (χ2v) is 5.14. The van der Waals surface area contributed by atoms with Gasteiger partial charge in [0.25, 0.3) is 0 Å². The molecule has 19 heavy (non-hydrogen) atoms. The normalized spacial score (nSPS) is 11.7. The molecule has 1 atom stereocenters. The van der Waals surface area contributed by atoms with Gasteiger partial charge in [-0.15, -0.1) is 0 Å². The van der Waals surface area contributed by atoms with Crippen molar-refractivity contribution in [1.82, 2.24) is 0 Å². The van der Waals surface area contributed by atoms with Crippen molar-refractivity contribution in [3.05, 3.63) is 63.3 Å². The first-order valence-corrected chi connectivity index (χ1v) is 6.64.